The van der Waals surface area contributed by atoms with E-state index in [4.69, 9.17) is 4.74 Å². The first-order valence-electron chi connectivity index (χ1n) is 5.55. The molecule has 1 aromatic carbocycles. The van der Waals surface area contributed by atoms with E-state index in [9.17, 15) is 0 Å². The van der Waals surface area contributed by atoms with E-state index < -0.39 is 0 Å². The van der Waals surface area contributed by atoms with Crippen molar-refractivity contribution in [2.24, 2.45) is 0 Å². The van der Waals surface area contributed by atoms with Crippen LogP contribution in [0.25, 0.3) is 0 Å². The van der Waals surface area contributed by atoms with Crippen molar-refractivity contribution in [3.05, 3.63) is 24.3 Å². The summed E-state index contributed by atoms with van der Waals surface area (Å²) in [5.74, 6) is 0.789. The second-order valence-corrected chi connectivity index (χ2v) is 4.19. The van der Waals surface area contributed by atoms with E-state index in [1.165, 1.54) is 5.69 Å². The summed E-state index contributed by atoms with van der Waals surface area (Å²) in [7, 11) is 7.97. The lowest BCUT2D eigenvalue weighted by molar-refractivity contribution is 0.401. The lowest BCUT2D eigenvalue weighted by Crippen LogP contribution is -2.23. The highest BCUT2D eigenvalue weighted by Gasteiger charge is 2.02. The summed E-state index contributed by atoms with van der Waals surface area (Å²) in [5.41, 5.74) is 1.18. The van der Waals surface area contributed by atoms with Crippen LogP contribution in [0.3, 0.4) is 0 Å². The number of ether oxygens (including phenoxy) is 1. The molecule has 0 aliphatic carbocycles. The first-order chi connectivity index (χ1) is 7.63. The number of nitrogens with zero attached hydrogens (tertiary/aromatic N) is 2. The fraction of sp³-hybridized carbons (Fsp3) is 0.538. The first-order valence-corrected chi connectivity index (χ1v) is 5.55. The lowest BCUT2D eigenvalue weighted by Gasteiger charge is -2.20. The van der Waals surface area contributed by atoms with Crippen LogP contribution >= 0.6 is 0 Å². The van der Waals surface area contributed by atoms with Gasteiger partial charge in [-0.05, 0) is 39.2 Å². The molecule has 0 spiro atoms. The topological polar surface area (TPSA) is 15.7 Å². The molecule has 89 valence electrons. The summed E-state index contributed by atoms with van der Waals surface area (Å²) in [4.78, 5) is 4.44. The van der Waals surface area contributed by atoms with Crippen molar-refractivity contribution in [3.8, 4) is 5.75 Å². The zero-order chi connectivity index (χ0) is 12.0. The summed E-state index contributed by atoms with van der Waals surface area (Å²) in [6.07, 6.45) is 1.16. The molecule has 0 saturated carbocycles. The molecule has 0 heterocycles. The molecule has 0 amide bonds. The fourth-order valence-corrected chi connectivity index (χ4v) is 1.54. The minimum Gasteiger partial charge on any atom is -0.496 e. The molecule has 0 aliphatic heterocycles. The van der Waals surface area contributed by atoms with Gasteiger partial charge < -0.3 is 14.5 Å². The SMILES string of the molecule is COc1[c]ccc(N(C)CCCN(C)C)c1. The normalized spacial score (nSPS) is 10.6. The van der Waals surface area contributed by atoms with Gasteiger partial charge in [0.05, 0.1) is 7.11 Å². The number of methoxy groups -OCH3 is 1. The lowest BCUT2D eigenvalue weighted by atomic mass is 10.2. The smallest absolute Gasteiger partial charge is 0.128 e. The van der Waals surface area contributed by atoms with Crippen LogP contribution in [0.5, 0.6) is 5.75 Å². The van der Waals surface area contributed by atoms with E-state index in [0.29, 0.717) is 0 Å². The van der Waals surface area contributed by atoms with Crippen LogP contribution in [0, 0.1) is 6.07 Å². The van der Waals surface area contributed by atoms with Gasteiger partial charge in [0.25, 0.3) is 0 Å². The molecule has 16 heavy (non-hydrogen) atoms. The zero-order valence-electron chi connectivity index (χ0n) is 10.7. The molecule has 0 aromatic heterocycles. The molecule has 3 nitrogen and oxygen atoms in total. The molecular weight excluding hydrogens is 200 g/mol. The van der Waals surface area contributed by atoms with E-state index in [1.54, 1.807) is 7.11 Å². The van der Waals surface area contributed by atoms with Crippen molar-refractivity contribution in [2.75, 3.05) is 46.2 Å². The molecule has 0 aliphatic rings. The summed E-state index contributed by atoms with van der Waals surface area (Å²) in [6.45, 7) is 2.16. The Hall–Kier alpha value is -1.22. The van der Waals surface area contributed by atoms with Crippen molar-refractivity contribution in [1.29, 1.82) is 0 Å². The van der Waals surface area contributed by atoms with Crippen LogP contribution in [0.15, 0.2) is 18.2 Å². The summed E-state index contributed by atoms with van der Waals surface area (Å²) < 4.78 is 5.16. The van der Waals surface area contributed by atoms with Gasteiger partial charge in [0.1, 0.15) is 5.75 Å². The minimum absolute atomic E-state index is 0.789. The van der Waals surface area contributed by atoms with Crippen molar-refractivity contribution in [1.82, 2.24) is 4.90 Å². The molecule has 0 N–H and O–H groups in total. The van der Waals surface area contributed by atoms with E-state index in [-0.39, 0.29) is 0 Å². The summed E-state index contributed by atoms with van der Waals surface area (Å²) in [6, 6.07) is 8.99. The Morgan fingerprint density at radius 2 is 2.00 bits per heavy atom. The number of rotatable bonds is 6. The maximum absolute atomic E-state index is 5.16. The van der Waals surface area contributed by atoms with Crippen molar-refractivity contribution >= 4 is 5.69 Å². The molecule has 0 saturated heterocycles. The predicted octanol–water partition coefficient (Wildman–Crippen LogP) is 1.88. The van der Waals surface area contributed by atoms with Gasteiger partial charge >= 0.3 is 0 Å². The average Bonchev–Trinajstić information content (AvgIpc) is 2.28. The van der Waals surface area contributed by atoms with Crippen LogP contribution in [-0.4, -0.2) is 46.2 Å². The van der Waals surface area contributed by atoms with Gasteiger partial charge in [-0.1, -0.05) is 0 Å². The largest absolute Gasteiger partial charge is 0.496 e. The quantitative estimate of drug-likeness (QED) is 0.729. The number of hydrogen-bond acceptors (Lipinski definition) is 3. The second-order valence-electron chi connectivity index (χ2n) is 4.19. The highest BCUT2D eigenvalue weighted by molar-refractivity contribution is 5.49. The van der Waals surface area contributed by atoms with Gasteiger partial charge in [-0.3, -0.25) is 0 Å². The number of anilines is 1. The molecule has 1 aromatic rings. The Bertz CT molecular complexity index is 313. The third-order valence-electron chi connectivity index (χ3n) is 2.52. The van der Waals surface area contributed by atoms with E-state index in [2.05, 4.69) is 43.1 Å². The van der Waals surface area contributed by atoms with Crippen LogP contribution in [-0.2, 0) is 0 Å². The van der Waals surface area contributed by atoms with E-state index in [1.807, 2.05) is 12.1 Å². The second kappa shape index (κ2) is 6.38. The van der Waals surface area contributed by atoms with Crippen LogP contribution < -0.4 is 9.64 Å². The summed E-state index contributed by atoms with van der Waals surface area (Å²) in [5, 5.41) is 0. The van der Waals surface area contributed by atoms with E-state index >= 15 is 0 Å². The highest BCUT2D eigenvalue weighted by atomic mass is 16.5. The van der Waals surface area contributed by atoms with Gasteiger partial charge in [0, 0.05) is 31.4 Å². The molecule has 1 rings (SSSR count). The predicted molar refractivity (Wildman–Crippen MR) is 68.3 cm³/mol. The van der Waals surface area contributed by atoms with Crippen molar-refractivity contribution in [2.45, 2.75) is 6.42 Å². The summed E-state index contributed by atoms with van der Waals surface area (Å²) >= 11 is 0. The zero-order valence-corrected chi connectivity index (χ0v) is 10.7. The maximum atomic E-state index is 5.16. The fourth-order valence-electron chi connectivity index (χ4n) is 1.54. The molecule has 0 atom stereocenters. The molecule has 1 radical (unpaired) electrons. The van der Waals surface area contributed by atoms with Gasteiger partial charge in [0.2, 0.25) is 0 Å². The minimum atomic E-state index is 0.789. The molecular formula is C13H21N2O. The Morgan fingerprint density at radius 3 is 2.62 bits per heavy atom. The monoisotopic (exact) mass is 221 g/mol. The molecule has 0 fully saturated rings. The molecule has 3 heteroatoms. The third-order valence-corrected chi connectivity index (χ3v) is 2.52. The van der Waals surface area contributed by atoms with Gasteiger partial charge in [-0.15, -0.1) is 0 Å². The van der Waals surface area contributed by atoms with E-state index in [0.717, 1.165) is 25.3 Å². The first kappa shape index (κ1) is 12.8. The molecule has 0 unspecified atom stereocenters. The van der Waals surface area contributed by atoms with Gasteiger partial charge in [-0.25, -0.2) is 0 Å². The Morgan fingerprint density at radius 1 is 1.25 bits per heavy atom. The van der Waals surface area contributed by atoms with Crippen molar-refractivity contribution < 1.29 is 4.74 Å². The standard InChI is InChI=1S/C13H21N2O/c1-14(2)9-6-10-15(3)12-7-5-8-13(11-12)16-4/h5,7,11H,6,9-10H2,1-4H3. The maximum Gasteiger partial charge on any atom is 0.128 e. The number of benzene rings is 1. The average molecular weight is 221 g/mol. The van der Waals surface area contributed by atoms with Gasteiger partial charge in [0.15, 0.2) is 0 Å². The number of hydrogen-bond donors (Lipinski definition) is 0. The van der Waals surface area contributed by atoms with Crippen molar-refractivity contribution in [3.63, 3.8) is 0 Å². The Labute approximate surface area is 98.6 Å². The van der Waals surface area contributed by atoms with Gasteiger partial charge in [-0.2, -0.15) is 0 Å². The van der Waals surface area contributed by atoms with Crippen LogP contribution in [0.2, 0.25) is 0 Å². The Balaban J connectivity index is 2.48. The molecule has 0 bridgehead atoms. The van der Waals surface area contributed by atoms with Crippen LogP contribution in [0.4, 0.5) is 5.69 Å². The highest BCUT2D eigenvalue weighted by Crippen LogP contribution is 2.19. The Kier molecular flexibility index (Phi) is 5.12. The van der Waals surface area contributed by atoms with Crippen LogP contribution in [0.1, 0.15) is 6.42 Å². The third kappa shape index (κ3) is 4.11.